The Hall–Kier alpha value is -2.30. The molecule has 1 heterocycles. The van der Waals surface area contributed by atoms with E-state index in [-0.39, 0.29) is 5.69 Å². The molecule has 2 rings (SSSR count). The van der Waals surface area contributed by atoms with Gasteiger partial charge in [-0.3, -0.25) is 0 Å². The maximum absolute atomic E-state index is 12.4. The fraction of sp³-hybridized carbons (Fsp3) is 0.375. The van der Waals surface area contributed by atoms with Gasteiger partial charge in [-0.2, -0.15) is 0 Å². The Kier molecular flexibility index (Phi) is 3.77. The number of aromatic nitrogens is 1. The summed E-state index contributed by atoms with van der Waals surface area (Å²) in [5.74, 6) is -0.573. The van der Waals surface area contributed by atoms with Crippen molar-refractivity contribution in [1.82, 2.24) is 4.57 Å². The smallest absolute Gasteiger partial charge is 0.419 e. The molecule has 0 amide bonds. The summed E-state index contributed by atoms with van der Waals surface area (Å²) < 4.78 is 11.4. The Morgan fingerprint density at radius 1 is 1.19 bits per heavy atom. The van der Waals surface area contributed by atoms with Gasteiger partial charge in [-0.05, 0) is 45.4 Å². The van der Waals surface area contributed by atoms with Crippen LogP contribution in [-0.4, -0.2) is 29.3 Å². The number of hydrogen-bond acceptors (Lipinski definition) is 4. The van der Waals surface area contributed by atoms with E-state index in [0.717, 1.165) is 10.9 Å². The van der Waals surface area contributed by atoms with Gasteiger partial charge in [0.05, 0.1) is 12.6 Å². The predicted octanol–water partition coefficient (Wildman–Crippen LogP) is 3.52. The van der Waals surface area contributed by atoms with Crippen LogP contribution < -0.4 is 0 Å². The normalized spacial score (nSPS) is 11.5. The predicted molar refractivity (Wildman–Crippen MR) is 79.6 cm³/mol. The fourth-order valence-corrected chi connectivity index (χ4v) is 2.14. The number of rotatable bonds is 1. The van der Waals surface area contributed by atoms with Crippen LogP contribution in [0, 0.1) is 6.92 Å². The summed E-state index contributed by atoms with van der Waals surface area (Å²) in [6.45, 7) is 7.25. The molecular formula is C16H19NO4. The van der Waals surface area contributed by atoms with Gasteiger partial charge in [-0.1, -0.05) is 12.1 Å². The summed E-state index contributed by atoms with van der Waals surface area (Å²) in [6, 6.07) is 7.18. The minimum Gasteiger partial charge on any atom is -0.464 e. The molecule has 2 aromatic rings. The van der Waals surface area contributed by atoms with Gasteiger partial charge in [-0.15, -0.1) is 0 Å². The first-order valence-electron chi connectivity index (χ1n) is 6.67. The van der Waals surface area contributed by atoms with Gasteiger partial charge in [0.2, 0.25) is 0 Å². The Balaban J connectivity index is 2.66. The van der Waals surface area contributed by atoms with E-state index >= 15 is 0 Å². The van der Waals surface area contributed by atoms with Crippen molar-refractivity contribution in [2.45, 2.75) is 33.3 Å². The molecule has 0 atom stereocenters. The lowest BCUT2D eigenvalue weighted by atomic mass is 10.1. The third-order valence-electron chi connectivity index (χ3n) is 3.03. The number of hydrogen-bond donors (Lipinski definition) is 0. The van der Waals surface area contributed by atoms with Crippen LogP contribution in [0.3, 0.4) is 0 Å². The van der Waals surface area contributed by atoms with Crippen molar-refractivity contribution in [3.05, 3.63) is 35.5 Å². The Bertz CT molecular complexity index is 707. The minimum absolute atomic E-state index is 0.163. The lowest BCUT2D eigenvalue weighted by Crippen LogP contribution is -2.29. The molecule has 0 N–H and O–H groups in total. The highest BCUT2D eigenvalue weighted by Gasteiger charge is 2.25. The van der Waals surface area contributed by atoms with Crippen LogP contribution >= 0.6 is 0 Å². The highest BCUT2D eigenvalue weighted by molar-refractivity contribution is 6.02. The van der Waals surface area contributed by atoms with E-state index < -0.39 is 17.7 Å². The first kappa shape index (κ1) is 15.1. The van der Waals surface area contributed by atoms with E-state index in [1.54, 1.807) is 32.9 Å². The number of methoxy groups -OCH3 is 1. The van der Waals surface area contributed by atoms with Crippen LogP contribution in [0.1, 0.15) is 36.8 Å². The summed E-state index contributed by atoms with van der Waals surface area (Å²) in [5.41, 5.74) is 1.12. The second-order valence-corrected chi connectivity index (χ2v) is 5.84. The second-order valence-electron chi connectivity index (χ2n) is 5.84. The molecule has 0 spiro atoms. The zero-order chi connectivity index (χ0) is 15.8. The molecule has 1 aromatic heterocycles. The van der Waals surface area contributed by atoms with E-state index in [0.29, 0.717) is 5.52 Å². The molecule has 0 aliphatic heterocycles. The van der Waals surface area contributed by atoms with E-state index in [1.807, 2.05) is 19.1 Å². The number of benzene rings is 1. The molecule has 5 nitrogen and oxygen atoms in total. The van der Waals surface area contributed by atoms with Crippen molar-refractivity contribution in [1.29, 1.82) is 0 Å². The highest BCUT2D eigenvalue weighted by atomic mass is 16.6. The first-order chi connectivity index (χ1) is 9.74. The third kappa shape index (κ3) is 2.91. The Morgan fingerprint density at radius 3 is 2.43 bits per heavy atom. The average molecular weight is 289 g/mol. The van der Waals surface area contributed by atoms with Crippen molar-refractivity contribution in [3.63, 3.8) is 0 Å². The first-order valence-corrected chi connectivity index (χ1v) is 6.67. The number of ether oxygens (including phenoxy) is 2. The van der Waals surface area contributed by atoms with Crippen LogP contribution in [-0.2, 0) is 9.47 Å². The summed E-state index contributed by atoms with van der Waals surface area (Å²) >= 11 is 0. The Morgan fingerprint density at radius 2 is 1.86 bits per heavy atom. The van der Waals surface area contributed by atoms with Gasteiger partial charge in [0.25, 0.3) is 0 Å². The van der Waals surface area contributed by atoms with Crippen LogP contribution in [0.4, 0.5) is 4.79 Å². The molecule has 0 bridgehead atoms. The summed E-state index contributed by atoms with van der Waals surface area (Å²) in [7, 11) is 1.28. The van der Waals surface area contributed by atoms with Crippen LogP contribution in [0.25, 0.3) is 10.9 Å². The van der Waals surface area contributed by atoms with E-state index in [4.69, 9.17) is 9.47 Å². The number of carbonyl (C=O) groups excluding carboxylic acids is 2. The van der Waals surface area contributed by atoms with Crippen molar-refractivity contribution < 1.29 is 19.1 Å². The standard InChI is InChI=1S/C16H19NO4/c1-10-7-6-8-12-11(10)9-13(14(18)20-5)17(12)15(19)21-16(2,3)4/h6-9H,1-5H3. The van der Waals surface area contributed by atoms with E-state index in [2.05, 4.69) is 0 Å². The maximum atomic E-state index is 12.4. The number of esters is 1. The SMILES string of the molecule is COC(=O)c1cc2c(C)cccc2n1C(=O)OC(C)(C)C. The van der Waals surface area contributed by atoms with E-state index in [9.17, 15) is 9.59 Å². The molecule has 0 saturated carbocycles. The Labute approximate surface area is 123 Å². The topological polar surface area (TPSA) is 57.5 Å². The number of aryl methyl sites for hydroxylation is 1. The molecule has 5 heteroatoms. The van der Waals surface area contributed by atoms with Crippen LogP contribution in [0.5, 0.6) is 0 Å². The molecule has 0 unspecified atom stereocenters. The van der Waals surface area contributed by atoms with Crippen molar-refractivity contribution in [2.75, 3.05) is 7.11 Å². The number of nitrogens with zero attached hydrogens (tertiary/aromatic N) is 1. The van der Waals surface area contributed by atoms with Gasteiger partial charge < -0.3 is 9.47 Å². The largest absolute Gasteiger partial charge is 0.464 e. The molecular weight excluding hydrogens is 270 g/mol. The van der Waals surface area contributed by atoms with Gasteiger partial charge in [-0.25, -0.2) is 14.2 Å². The summed E-state index contributed by atoms with van der Waals surface area (Å²) in [5, 5.41) is 0.823. The molecule has 0 fully saturated rings. The number of carbonyl (C=O) groups is 2. The van der Waals surface area contributed by atoms with Crippen molar-refractivity contribution in [3.8, 4) is 0 Å². The molecule has 21 heavy (non-hydrogen) atoms. The molecule has 0 radical (unpaired) electrons. The van der Waals surface area contributed by atoms with Crippen LogP contribution in [0.2, 0.25) is 0 Å². The fourth-order valence-electron chi connectivity index (χ4n) is 2.14. The van der Waals surface area contributed by atoms with Gasteiger partial charge in [0, 0.05) is 5.39 Å². The molecule has 0 aliphatic rings. The van der Waals surface area contributed by atoms with Gasteiger partial charge >= 0.3 is 12.1 Å². The zero-order valence-corrected chi connectivity index (χ0v) is 12.9. The summed E-state index contributed by atoms with van der Waals surface area (Å²) in [6.07, 6.45) is -0.594. The third-order valence-corrected chi connectivity index (χ3v) is 3.03. The highest BCUT2D eigenvalue weighted by Crippen LogP contribution is 2.25. The quantitative estimate of drug-likeness (QED) is 0.754. The van der Waals surface area contributed by atoms with Gasteiger partial charge in [0.15, 0.2) is 0 Å². The maximum Gasteiger partial charge on any atom is 0.419 e. The zero-order valence-electron chi connectivity index (χ0n) is 12.9. The van der Waals surface area contributed by atoms with E-state index in [1.165, 1.54) is 11.7 Å². The van der Waals surface area contributed by atoms with Gasteiger partial charge in [0.1, 0.15) is 11.3 Å². The molecule has 112 valence electrons. The minimum atomic E-state index is -0.648. The number of fused-ring (bicyclic) bond motifs is 1. The van der Waals surface area contributed by atoms with Crippen molar-refractivity contribution >= 4 is 23.0 Å². The van der Waals surface area contributed by atoms with Crippen LogP contribution in [0.15, 0.2) is 24.3 Å². The molecule has 1 aromatic carbocycles. The van der Waals surface area contributed by atoms with Crippen molar-refractivity contribution in [2.24, 2.45) is 0 Å². The summed E-state index contributed by atoms with van der Waals surface area (Å²) in [4.78, 5) is 24.4. The monoisotopic (exact) mass is 289 g/mol. The molecule has 0 aliphatic carbocycles. The lowest BCUT2D eigenvalue weighted by Gasteiger charge is -2.20. The lowest BCUT2D eigenvalue weighted by molar-refractivity contribution is 0.0490. The molecule has 0 saturated heterocycles. The second kappa shape index (κ2) is 5.24. The average Bonchev–Trinajstić information content (AvgIpc) is 2.76.